The first kappa shape index (κ1) is 18.6. The number of carboxylic acids is 1. The van der Waals surface area contributed by atoms with E-state index in [-0.39, 0.29) is 24.7 Å². The molecule has 0 unspecified atom stereocenters. The Morgan fingerprint density at radius 2 is 1.96 bits per heavy atom. The maximum atomic E-state index is 12.9. The largest absolute Gasteiger partial charge is 0.480 e. The minimum absolute atomic E-state index is 0.216. The van der Waals surface area contributed by atoms with Gasteiger partial charge >= 0.3 is 5.97 Å². The van der Waals surface area contributed by atoms with Crippen molar-refractivity contribution < 1.29 is 28.9 Å². The zero-order chi connectivity index (χ0) is 18.4. The molecule has 2 atom stereocenters. The Balaban J connectivity index is 1.69. The molecule has 0 saturated carbocycles. The lowest BCUT2D eigenvalue weighted by atomic mass is 10.0. The molecule has 1 aromatic carbocycles. The van der Waals surface area contributed by atoms with E-state index in [1.165, 1.54) is 0 Å². The van der Waals surface area contributed by atoms with Gasteiger partial charge in [0.2, 0.25) is 0 Å². The standard InChI is InChI=1S/C18H24N2O6/c21-17(22)12-26-16-5-8-25-11-14(16)19-18(23)13-3-1-2-4-15(13)20-6-9-24-10-7-20/h1-4,14,16H,5-12H2,(H,19,23)(H,21,22)/t14-,16+/m0/s1. The number of hydrogen-bond acceptors (Lipinski definition) is 6. The molecule has 2 aliphatic heterocycles. The molecular weight excluding hydrogens is 340 g/mol. The predicted molar refractivity (Wildman–Crippen MR) is 93.5 cm³/mol. The normalized spacial score (nSPS) is 23.5. The van der Waals surface area contributed by atoms with Gasteiger partial charge in [-0.2, -0.15) is 0 Å². The summed E-state index contributed by atoms with van der Waals surface area (Å²) in [5, 5.41) is 11.8. The second-order valence-electron chi connectivity index (χ2n) is 6.30. The van der Waals surface area contributed by atoms with Gasteiger partial charge in [0, 0.05) is 25.4 Å². The molecule has 0 radical (unpaired) electrons. The van der Waals surface area contributed by atoms with Crippen LogP contribution in [0.15, 0.2) is 24.3 Å². The van der Waals surface area contributed by atoms with Crippen LogP contribution in [0.4, 0.5) is 5.69 Å². The summed E-state index contributed by atoms with van der Waals surface area (Å²) in [6, 6.07) is 7.07. The van der Waals surface area contributed by atoms with E-state index in [4.69, 9.17) is 19.3 Å². The molecule has 8 heteroatoms. The van der Waals surface area contributed by atoms with Gasteiger partial charge in [0.05, 0.1) is 37.5 Å². The zero-order valence-electron chi connectivity index (χ0n) is 14.6. The SMILES string of the molecule is O=C(O)CO[C@@H]1CCOC[C@@H]1NC(=O)c1ccccc1N1CCOCC1. The van der Waals surface area contributed by atoms with Gasteiger partial charge in [-0.3, -0.25) is 4.79 Å². The molecule has 1 amide bonds. The Bertz CT molecular complexity index is 632. The third-order valence-electron chi connectivity index (χ3n) is 4.53. The molecular formula is C18H24N2O6. The van der Waals surface area contributed by atoms with Gasteiger partial charge in [-0.15, -0.1) is 0 Å². The second kappa shape index (κ2) is 8.98. The number of nitrogens with one attached hydrogen (secondary N) is 1. The fourth-order valence-electron chi connectivity index (χ4n) is 3.22. The van der Waals surface area contributed by atoms with E-state index in [0.717, 1.165) is 18.8 Å². The van der Waals surface area contributed by atoms with Gasteiger partial charge in [-0.05, 0) is 18.6 Å². The van der Waals surface area contributed by atoms with Crippen LogP contribution in [0.5, 0.6) is 0 Å². The minimum atomic E-state index is -1.03. The fourth-order valence-corrected chi connectivity index (χ4v) is 3.22. The van der Waals surface area contributed by atoms with Crippen LogP contribution in [0.25, 0.3) is 0 Å². The number of anilines is 1. The molecule has 142 valence electrons. The molecule has 0 aliphatic carbocycles. The smallest absolute Gasteiger partial charge is 0.329 e. The van der Waals surface area contributed by atoms with Crippen LogP contribution in [0.3, 0.4) is 0 Å². The highest BCUT2D eigenvalue weighted by Crippen LogP contribution is 2.22. The number of aliphatic carboxylic acids is 1. The van der Waals surface area contributed by atoms with Gasteiger partial charge in [-0.1, -0.05) is 12.1 Å². The summed E-state index contributed by atoms with van der Waals surface area (Å²) in [6.07, 6.45) is 0.169. The first-order valence-corrected chi connectivity index (χ1v) is 8.79. The van der Waals surface area contributed by atoms with Crippen LogP contribution in [-0.4, -0.2) is 75.3 Å². The minimum Gasteiger partial charge on any atom is -0.480 e. The maximum Gasteiger partial charge on any atom is 0.329 e. The van der Waals surface area contributed by atoms with Gasteiger partial charge < -0.3 is 29.5 Å². The van der Waals surface area contributed by atoms with Crippen molar-refractivity contribution in [1.29, 1.82) is 0 Å². The zero-order valence-corrected chi connectivity index (χ0v) is 14.6. The Kier molecular flexibility index (Phi) is 6.43. The van der Waals surface area contributed by atoms with Crippen LogP contribution >= 0.6 is 0 Å². The van der Waals surface area contributed by atoms with Gasteiger partial charge in [-0.25, -0.2) is 4.79 Å². The summed E-state index contributed by atoms with van der Waals surface area (Å²) in [7, 11) is 0. The van der Waals surface area contributed by atoms with Crippen LogP contribution in [0.2, 0.25) is 0 Å². The number of carbonyl (C=O) groups excluding carboxylic acids is 1. The number of benzene rings is 1. The molecule has 2 heterocycles. The van der Waals surface area contributed by atoms with E-state index in [1.54, 1.807) is 6.07 Å². The van der Waals surface area contributed by atoms with Crippen molar-refractivity contribution in [1.82, 2.24) is 5.32 Å². The molecule has 0 bridgehead atoms. The van der Waals surface area contributed by atoms with E-state index in [2.05, 4.69) is 10.2 Å². The van der Waals surface area contributed by atoms with Crippen molar-refractivity contribution in [2.24, 2.45) is 0 Å². The molecule has 2 saturated heterocycles. The van der Waals surface area contributed by atoms with E-state index in [0.29, 0.717) is 38.4 Å². The Morgan fingerprint density at radius 1 is 1.19 bits per heavy atom. The number of para-hydroxylation sites is 1. The molecule has 8 nitrogen and oxygen atoms in total. The molecule has 3 rings (SSSR count). The number of ether oxygens (including phenoxy) is 3. The fraction of sp³-hybridized carbons (Fsp3) is 0.556. The molecule has 1 aromatic rings. The average Bonchev–Trinajstić information content (AvgIpc) is 2.68. The van der Waals surface area contributed by atoms with Crippen molar-refractivity contribution in [2.45, 2.75) is 18.6 Å². The second-order valence-corrected chi connectivity index (χ2v) is 6.30. The van der Waals surface area contributed by atoms with Crippen LogP contribution in [-0.2, 0) is 19.0 Å². The Hall–Kier alpha value is -2.16. The number of nitrogens with zero attached hydrogens (tertiary/aromatic N) is 1. The summed E-state index contributed by atoms with van der Waals surface area (Å²) in [6.45, 7) is 3.15. The quantitative estimate of drug-likeness (QED) is 0.759. The topological polar surface area (TPSA) is 97.3 Å². The maximum absolute atomic E-state index is 12.9. The third kappa shape index (κ3) is 4.72. The lowest BCUT2D eigenvalue weighted by molar-refractivity contribution is -0.147. The van der Waals surface area contributed by atoms with Crippen molar-refractivity contribution >= 4 is 17.6 Å². The summed E-state index contributed by atoms with van der Waals surface area (Å²) < 4.78 is 16.2. The van der Waals surface area contributed by atoms with Crippen molar-refractivity contribution in [2.75, 3.05) is 51.0 Å². The number of hydrogen-bond donors (Lipinski definition) is 2. The number of amides is 1. The van der Waals surface area contributed by atoms with Crippen LogP contribution < -0.4 is 10.2 Å². The molecule has 2 fully saturated rings. The van der Waals surface area contributed by atoms with E-state index < -0.39 is 5.97 Å². The summed E-state index contributed by atoms with van der Waals surface area (Å²) in [5.41, 5.74) is 1.45. The first-order valence-electron chi connectivity index (χ1n) is 8.79. The summed E-state index contributed by atoms with van der Waals surface area (Å²) in [4.78, 5) is 25.7. The lowest BCUT2D eigenvalue weighted by Gasteiger charge is -2.33. The molecule has 26 heavy (non-hydrogen) atoms. The van der Waals surface area contributed by atoms with Gasteiger partial charge in [0.15, 0.2) is 0 Å². The number of carbonyl (C=O) groups is 2. The summed E-state index contributed by atoms with van der Waals surface area (Å²) >= 11 is 0. The predicted octanol–water partition coefficient (Wildman–Crippen LogP) is 0.512. The van der Waals surface area contributed by atoms with Gasteiger partial charge in [0.1, 0.15) is 6.61 Å². The number of morpholine rings is 1. The third-order valence-corrected chi connectivity index (χ3v) is 4.53. The van der Waals surface area contributed by atoms with E-state index >= 15 is 0 Å². The van der Waals surface area contributed by atoms with E-state index in [9.17, 15) is 9.59 Å². The van der Waals surface area contributed by atoms with Crippen molar-refractivity contribution in [3.63, 3.8) is 0 Å². The monoisotopic (exact) mass is 364 g/mol. The van der Waals surface area contributed by atoms with Crippen molar-refractivity contribution in [3.05, 3.63) is 29.8 Å². The van der Waals surface area contributed by atoms with Crippen molar-refractivity contribution in [3.8, 4) is 0 Å². The number of rotatable bonds is 6. The Morgan fingerprint density at radius 3 is 2.73 bits per heavy atom. The molecule has 0 aromatic heterocycles. The first-order chi connectivity index (χ1) is 12.6. The summed E-state index contributed by atoms with van der Waals surface area (Å²) in [5.74, 6) is -1.24. The highest BCUT2D eigenvalue weighted by atomic mass is 16.5. The molecule has 0 spiro atoms. The molecule has 2 aliphatic rings. The lowest BCUT2D eigenvalue weighted by Crippen LogP contribution is -2.51. The Labute approximate surface area is 152 Å². The average molecular weight is 364 g/mol. The van der Waals surface area contributed by atoms with E-state index in [1.807, 2.05) is 18.2 Å². The van der Waals surface area contributed by atoms with Crippen LogP contribution in [0.1, 0.15) is 16.8 Å². The van der Waals surface area contributed by atoms with Crippen LogP contribution in [0, 0.1) is 0 Å². The van der Waals surface area contributed by atoms with Gasteiger partial charge in [0.25, 0.3) is 5.91 Å². The molecule has 2 N–H and O–H groups in total. The number of carboxylic acid groups (broad SMARTS) is 1. The highest BCUT2D eigenvalue weighted by Gasteiger charge is 2.30. The highest BCUT2D eigenvalue weighted by molar-refractivity contribution is 6.00.